The normalized spacial score (nSPS) is 17.0. The smallest absolute Gasteiger partial charge is 0.177 e. The minimum atomic E-state index is -1.55. The van der Waals surface area contributed by atoms with Crippen LogP contribution in [0, 0.1) is 11.5 Å². The van der Waals surface area contributed by atoms with Crippen molar-refractivity contribution < 1.29 is 9.47 Å². The summed E-state index contributed by atoms with van der Waals surface area (Å²) in [6.07, 6.45) is 3.78. The quantitative estimate of drug-likeness (QED) is 0.267. The molecule has 0 saturated carbocycles. The van der Waals surface area contributed by atoms with E-state index in [1.54, 1.807) is 0 Å². The fourth-order valence-corrected chi connectivity index (χ4v) is 5.07. The predicted molar refractivity (Wildman–Crippen MR) is 147 cm³/mol. The van der Waals surface area contributed by atoms with Gasteiger partial charge in [-0.2, -0.15) is 14.9 Å². The van der Waals surface area contributed by atoms with E-state index in [0.717, 1.165) is 47.4 Å². The second-order valence-corrected chi connectivity index (χ2v) is 21.9. The Bertz CT molecular complexity index is 1230. The van der Waals surface area contributed by atoms with E-state index in [-0.39, 0.29) is 6.04 Å². The Labute approximate surface area is 210 Å². The lowest BCUT2D eigenvalue weighted by molar-refractivity contribution is 0.0785. The van der Waals surface area contributed by atoms with Gasteiger partial charge in [-0.25, -0.2) is 9.67 Å². The van der Waals surface area contributed by atoms with Gasteiger partial charge in [-0.3, -0.25) is 0 Å². The van der Waals surface area contributed by atoms with Crippen LogP contribution in [0.2, 0.25) is 45.3 Å². The van der Waals surface area contributed by atoms with Crippen molar-refractivity contribution >= 4 is 33.0 Å². The first-order valence-electron chi connectivity index (χ1n) is 12.4. The Kier molecular flexibility index (Phi) is 7.52. The van der Waals surface area contributed by atoms with Gasteiger partial charge in [0, 0.05) is 39.1 Å². The van der Waals surface area contributed by atoms with Crippen molar-refractivity contribution in [1.82, 2.24) is 24.5 Å². The Morgan fingerprint density at radius 1 is 1.17 bits per heavy atom. The second kappa shape index (κ2) is 10.3. The zero-order valence-corrected chi connectivity index (χ0v) is 24.1. The first-order valence-corrected chi connectivity index (χ1v) is 19.6. The highest BCUT2D eigenvalue weighted by Crippen LogP contribution is 2.26. The molecule has 10 heteroatoms. The van der Waals surface area contributed by atoms with Crippen LogP contribution in [0.15, 0.2) is 24.5 Å². The highest BCUT2D eigenvalue weighted by Gasteiger charge is 2.23. The number of hydrogen-bond acceptors (Lipinski definition) is 6. The number of pyridine rings is 1. The number of nitrogens with zero attached hydrogens (tertiary/aromatic N) is 6. The molecule has 0 aliphatic carbocycles. The van der Waals surface area contributed by atoms with Crippen LogP contribution >= 0.6 is 0 Å². The summed E-state index contributed by atoms with van der Waals surface area (Å²) >= 11 is 0. The molecule has 0 bridgehead atoms. The molecule has 0 aromatic carbocycles. The molecule has 3 aromatic rings. The number of morpholine rings is 1. The molecule has 1 aliphatic rings. The molecule has 1 aliphatic heterocycles. The molecule has 0 radical (unpaired) electrons. The van der Waals surface area contributed by atoms with Gasteiger partial charge in [0.2, 0.25) is 0 Å². The van der Waals surface area contributed by atoms with Gasteiger partial charge in [-0.15, -0.1) is 5.54 Å². The van der Waals surface area contributed by atoms with E-state index < -0.39 is 16.1 Å². The zero-order chi connectivity index (χ0) is 25.2. The summed E-state index contributed by atoms with van der Waals surface area (Å²) in [4.78, 5) is 7.34. The van der Waals surface area contributed by atoms with E-state index in [9.17, 15) is 0 Å². The van der Waals surface area contributed by atoms with Crippen LogP contribution < -0.4 is 4.90 Å². The highest BCUT2D eigenvalue weighted by molar-refractivity contribution is 6.83. The van der Waals surface area contributed by atoms with Crippen LogP contribution in [0.5, 0.6) is 0 Å². The summed E-state index contributed by atoms with van der Waals surface area (Å²) in [6.45, 7) is 19.4. The van der Waals surface area contributed by atoms with Crippen molar-refractivity contribution in [2.45, 2.75) is 65.0 Å². The molecule has 0 spiro atoms. The third kappa shape index (κ3) is 6.61. The largest absolute Gasteiger partial charge is 0.377 e. The Morgan fingerprint density at radius 3 is 2.69 bits per heavy atom. The molecule has 0 amide bonds. The molecule has 1 atom stereocenters. The monoisotopic (exact) mass is 510 g/mol. The summed E-state index contributed by atoms with van der Waals surface area (Å²) in [5.74, 6) is 5.08. The average Bonchev–Trinajstić information content (AvgIpc) is 3.41. The van der Waals surface area contributed by atoms with Crippen LogP contribution in [-0.2, 0) is 16.2 Å². The number of ether oxygens (including phenoxy) is 2. The van der Waals surface area contributed by atoms with Gasteiger partial charge >= 0.3 is 0 Å². The van der Waals surface area contributed by atoms with Crippen molar-refractivity contribution in [1.29, 1.82) is 0 Å². The van der Waals surface area contributed by atoms with Crippen molar-refractivity contribution in [3.05, 3.63) is 30.1 Å². The topological polar surface area (TPSA) is 70.2 Å². The molecule has 0 unspecified atom stereocenters. The maximum atomic E-state index is 5.86. The lowest BCUT2D eigenvalue weighted by atomic mass is 10.1. The second-order valence-electron chi connectivity index (χ2n) is 11.5. The summed E-state index contributed by atoms with van der Waals surface area (Å²) in [6, 6.07) is 5.44. The van der Waals surface area contributed by atoms with E-state index in [4.69, 9.17) is 19.6 Å². The number of rotatable bonds is 7. The van der Waals surface area contributed by atoms with E-state index in [2.05, 4.69) is 73.7 Å². The lowest BCUT2D eigenvalue weighted by Gasteiger charge is -2.34. The molecule has 35 heavy (non-hydrogen) atoms. The molecule has 1 fully saturated rings. The van der Waals surface area contributed by atoms with Crippen molar-refractivity contribution in [3.63, 3.8) is 0 Å². The van der Waals surface area contributed by atoms with E-state index >= 15 is 0 Å². The number of fused-ring (bicyclic) bond motifs is 1. The van der Waals surface area contributed by atoms with Gasteiger partial charge in [-0.05, 0) is 19.0 Å². The number of hydrogen-bond donors (Lipinski definition) is 0. The molecular formula is C25H38N6O2Si2. The maximum Gasteiger partial charge on any atom is 0.177 e. The van der Waals surface area contributed by atoms with E-state index in [1.165, 1.54) is 0 Å². The summed E-state index contributed by atoms with van der Waals surface area (Å²) in [5.41, 5.74) is 5.25. The highest BCUT2D eigenvalue weighted by atomic mass is 28.3. The van der Waals surface area contributed by atoms with Gasteiger partial charge in [0.25, 0.3) is 0 Å². The first-order chi connectivity index (χ1) is 16.5. The van der Waals surface area contributed by atoms with Crippen LogP contribution in [0.1, 0.15) is 12.5 Å². The average molecular weight is 511 g/mol. The van der Waals surface area contributed by atoms with Crippen molar-refractivity contribution in [3.8, 4) is 17.3 Å². The minimum Gasteiger partial charge on any atom is -0.377 e. The predicted octanol–water partition coefficient (Wildman–Crippen LogP) is 4.38. The summed E-state index contributed by atoms with van der Waals surface area (Å²) in [5, 5.41) is 10.3. The van der Waals surface area contributed by atoms with Crippen LogP contribution in [-0.4, -0.2) is 73.1 Å². The first kappa shape index (κ1) is 25.6. The number of aromatic nitrogens is 5. The zero-order valence-electron chi connectivity index (χ0n) is 22.1. The SMILES string of the molecule is C[C@@H]1COCCN1c1cc(C#C[Si](C)(C)C)c2cnn(-c3ccn(COCC[Si](C)(C)C)n3)c2n1. The molecule has 188 valence electrons. The Hall–Kier alpha value is -2.46. The lowest BCUT2D eigenvalue weighted by Crippen LogP contribution is -2.44. The van der Waals surface area contributed by atoms with Crippen LogP contribution in [0.3, 0.4) is 0 Å². The van der Waals surface area contributed by atoms with Crippen LogP contribution in [0.4, 0.5) is 5.82 Å². The standard InChI is InChI=1S/C25H38N6O2Si2/c1-20-18-32-12-11-30(20)24-16-21(9-14-34(2,3)4)22-17-26-31(25(22)27-24)23-8-10-29(28-23)19-33-13-15-35(5,6)7/h8,10,16-17,20H,11-13,15,18-19H2,1-7H3/t20-/m1/s1. The molecule has 4 heterocycles. The van der Waals surface area contributed by atoms with E-state index in [1.807, 2.05) is 27.8 Å². The third-order valence-corrected chi connectivity index (χ3v) is 8.40. The Morgan fingerprint density at radius 2 is 1.97 bits per heavy atom. The fourth-order valence-electron chi connectivity index (χ4n) is 3.80. The van der Waals surface area contributed by atoms with E-state index in [0.29, 0.717) is 19.9 Å². The van der Waals surface area contributed by atoms with Crippen molar-refractivity contribution in [2.75, 3.05) is 31.3 Å². The molecule has 8 nitrogen and oxygen atoms in total. The summed E-state index contributed by atoms with van der Waals surface area (Å²) in [7, 11) is -2.66. The minimum absolute atomic E-state index is 0.246. The van der Waals surface area contributed by atoms with Gasteiger partial charge in [0.05, 0.1) is 30.8 Å². The van der Waals surface area contributed by atoms with Gasteiger partial charge in [-0.1, -0.05) is 45.2 Å². The van der Waals surface area contributed by atoms with Gasteiger partial charge in [0.1, 0.15) is 20.6 Å². The molecular weight excluding hydrogens is 472 g/mol. The molecule has 0 N–H and O–H groups in total. The molecule has 3 aromatic heterocycles. The number of anilines is 1. The third-order valence-electron chi connectivity index (χ3n) is 5.83. The molecule has 1 saturated heterocycles. The van der Waals surface area contributed by atoms with Gasteiger partial charge < -0.3 is 14.4 Å². The van der Waals surface area contributed by atoms with Gasteiger partial charge in [0.15, 0.2) is 11.5 Å². The summed E-state index contributed by atoms with van der Waals surface area (Å²) < 4.78 is 15.1. The Balaban J connectivity index is 1.67. The maximum absolute atomic E-state index is 5.86. The fraction of sp³-hybridized carbons (Fsp3) is 0.560. The van der Waals surface area contributed by atoms with Crippen LogP contribution in [0.25, 0.3) is 16.9 Å². The molecule has 4 rings (SSSR count). The van der Waals surface area contributed by atoms with Crippen molar-refractivity contribution in [2.24, 2.45) is 0 Å².